The molecule has 0 bridgehead atoms. The van der Waals surface area contributed by atoms with Crippen molar-refractivity contribution in [1.82, 2.24) is 0 Å². The Morgan fingerprint density at radius 3 is 2.12 bits per heavy atom. The van der Waals surface area contributed by atoms with Crippen LogP contribution < -0.4 is 0 Å². The van der Waals surface area contributed by atoms with Crippen molar-refractivity contribution in [3.05, 3.63) is 12.2 Å². The Bertz CT molecular complexity index is 241. The van der Waals surface area contributed by atoms with E-state index >= 15 is 0 Å². The second-order valence-corrected chi connectivity index (χ2v) is 12.8. The summed E-state index contributed by atoms with van der Waals surface area (Å²) in [5, 5.41) is 0.998. The van der Waals surface area contributed by atoms with Crippen molar-refractivity contribution >= 4 is 20.1 Å². The van der Waals surface area contributed by atoms with Gasteiger partial charge in [-0.3, -0.25) is 0 Å². The van der Waals surface area contributed by atoms with Gasteiger partial charge in [0.2, 0.25) is 0 Å². The summed E-state index contributed by atoms with van der Waals surface area (Å²) >= 11 is 1.97. The van der Waals surface area contributed by atoms with Gasteiger partial charge in [-0.25, -0.2) is 0 Å². The van der Waals surface area contributed by atoms with E-state index in [2.05, 4.69) is 66.8 Å². The van der Waals surface area contributed by atoms with Crippen molar-refractivity contribution in [2.75, 3.05) is 5.75 Å². The van der Waals surface area contributed by atoms with Gasteiger partial charge in [-0.2, -0.15) is 11.8 Å². The molecule has 0 radical (unpaired) electrons. The highest BCUT2D eigenvalue weighted by Gasteiger charge is 2.37. The van der Waals surface area contributed by atoms with Crippen LogP contribution in [0, 0.1) is 0 Å². The molecule has 1 atom stereocenters. The Labute approximate surface area is 114 Å². The molecule has 0 N–H and O–H groups in total. The Hall–Kier alpha value is 0.267. The largest absolute Gasteiger partial charge is 0.411 e. The number of thioether (sulfide) groups is 1. The van der Waals surface area contributed by atoms with E-state index in [9.17, 15) is 0 Å². The maximum atomic E-state index is 6.25. The molecular weight excluding hydrogens is 244 g/mol. The molecule has 0 rings (SSSR count). The molecule has 0 aromatic rings. The third-order valence-electron chi connectivity index (χ3n) is 3.22. The van der Waals surface area contributed by atoms with Gasteiger partial charge >= 0.3 is 0 Å². The van der Waals surface area contributed by atoms with Crippen molar-refractivity contribution in [2.24, 2.45) is 0 Å². The van der Waals surface area contributed by atoms with Crippen LogP contribution >= 0.6 is 11.8 Å². The smallest absolute Gasteiger partial charge is 0.192 e. The van der Waals surface area contributed by atoms with Crippen LogP contribution in [0.15, 0.2) is 12.2 Å². The van der Waals surface area contributed by atoms with E-state index in [1.807, 2.05) is 11.8 Å². The molecule has 102 valence electrons. The minimum Gasteiger partial charge on any atom is -0.411 e. The van der Waals surface area contributed by atoms with Gasteiger partial charge in [0.1, 0.15) is 0 Å². The zero-order chi connectivity index (χ0) is 13.7. The highest BCUT2D eigenvalue weighted by atomic mass is 32.2. The minimum absolute atomic E-state index is 0.239. The molecule has 1 nitrogen and oxygen atoms in total. The lowest BCUT2D eigenvalue weighted by Gasteiger charge is -2.37. The van der Waals surface area contributed by atoms with Gasteiger partial charge in [0.05, 0.1) is 6.10 Å². The molecule has 17 heavy (non-hydrogen) atoms. The van der Waals surface area contributed by atoms with Gasteiger partial charge in [0.25, 0.3) is 0 Å². The number of rotatable bonds is 6. The molecule has 0 aromatic heterocycles. The quantitative estimate of drug-likeness (QED) is 0.492. The molecule has 0 amide bonds. The topological polar surface area (TPSA) is 9.23 Å². The van der Waals surface area contributed by atoms with Crippen molar-refractivity contribution < 1.29 is 4.43 Å². The first-order valence-electron chi connectivity index (χ1n) is 6.52. The van der Waals surface area contributed by atoms with E-state index in [-0.39, 0.29) is 6.10 Å². The molecule has 0 unspecified atom stereocenters. The zero-order valence-electron chi connectivity index (χ0n) is 12.8. The molecular formula is C14H30OSSi. The third-order valence-corrected chi connectivity index (χ3v) is 8.84. The summed E-state index contributed by atoms with van der Waals surface area (Å²) in [5.74, 6) is 1.09. The molecule has 0 aromatic carbocycles. The van der Waals surface area contributed by atoms with E-state index in [0.29, 0.717) is 10.3 Å². The summed E-state index contributed by atoms with van der Waals surface area (Å²) < 4.78 is 6.25. The van der Waals surface area contributed by atoms with Gasteiger partial charge in [-0.15, -0.1) is 0 Å². The molecule has 0 aliphatic heterocycles. The predicted molar refractivity (Wildman–Crippen MR) is 84.5 cm³/mol. The van der Waals surface area contributed by atoms with Crippen molar-refractivity contribution in [1.29, 1.82) is 0 Å². The van der Waals surface area contributed by atoms with Gasteiger partial charge < -0.3 is 4.43 Å². The monoisotopic (exact) mass is 274 g/mol. The highest BCUT2D eigenvalue weighted by molar-refractivity contribution is 7.99. The summed E-state index contributed by atoms with van der Waals surface area (Å²) in [4.78, 5) is 0. The average molecular weight is 275 g/mol. The van der Waals surface area contributed by atoms with Crippen molar-refractivity contribution in [2.45, 2.75) is 71.0 Å². The SMILES string of the molecule is CC(C)SC/C=C/[C@H](C)O[Si](C)(C)C(C)(C)C. The van der Waals surface area contributed by atoms with Crippen LogP contribution in [-0.4, -0.2) is 25.4 Å². The Balaban J connectivity index is 4.14. The van der Waals surface area contributed by atoms with Crippen molar-refractivity contribution in [3.63, 3.8) is 0 Å². The lowest BCUT2D eigenvalue weighted by molar-refractivity contribution is 0.243. The van der Waals surface area contributed by atoms with Crippen LogP contribution in [0.5, 0.6) is 0 Å². The molecule has 0 saturated heterocycles. The second-order valence-electron chi connectivity index (χ2n) is 6.39. The maximum absolute atomic E-state index is 6.25. The molecule has 0 heterocycles. The molecule has 0 spiro atoms. The summed E-state index contributed by atoms with van der Waals surface area (Å²) in [6.07, 6.45) is 4.68. The lowest BCUT2D eigenvalue weighted by atomic mass is 10.2. The van der Waals surface area contributed by atoms with E-state index in [0.717, 1.165) is 5.75 Å². The standard InChI is InChI=1S/C14H30OSSi/c1-12(2)16-11-9-10-13(3)15-17(7,8)14(4,5)6/h9-10,12-13H,11H2,1-8H3/b10-9+/t13-/m0/s1. The lowest BCUT2D eigenvalue weighted by Crippen LogP contribution is -2.42. The summed E-state index contributed by atoms with van der Waals surface area (Å²) in [5.41, 5.74) is 0. The Morgan fingerprint density at radius 2 is 1.71 bits per heavy atom. The Kier molecular flexibility index (Phi) is 7.11. The van der Waals surface area contributed by atoms with Gasteiger partial charge in [0, 0.05) is 5.75 Å². The fourth-order valence-corrected chi connectivity index (χ4v) is 3.14. The molecule has 0 saturated carbocycles. The van der Waals surface area contributed by atoms with Gasteiger partial charge in [-0.05, 0) is 30.3 Å². The highest BCUT2D eigenvalue weighted by Crippen LogP contribution is 2.37. The summed E-state index contributed by atoms with van der Waals surface area (Å²) in [6.45, 7) is 18.1. The maximum Gasteiger partial charge on any atom is 0.192 e. The fourth-order valence-electron chi connectivity index (χ4n) is 1.18. The first-order chi connectivity index (χ1) is 7.56. The molecule has 0 aliphatic carbocycles. The predicted octanol–water partition coefficient (Wildman–Crippen LogP) is 5.09. The van der Waals surface area contributed by atoms with E-state index in [1.165, 1.54) is 0 Å². The van der Waals surface area contributed by atoms with Crippen LogP contribution in [0.3, 0.4) is 0 Å². The van der Waals surface area contributed by atoms with Crippen LogP contribution in [0.4, 0.5) is 0 Å². The minimum atomic E-state index is -1.61. The number of hydrogen-bond acceptors (Lipinski definition) is 2. The molecule has 0 aliphatic rings. The third kappa shape index (κ3) is 7.32. The summed E-state index contributed by atoms with van der Waals surface area (Å²) in [7, 11) is -1.61. The Morgan fingerprint density at radius 1 is 1.18 bits per heavy atom. The van der Waals surface area contributed by atoms with E-state index in [1.54, 1.807) is 0 Å². The van der Waals surface area contributed by atoms with Crippen LogP contribution in [-0.2, 0) is 4.43 Å². The average Bonchev–Trinajstić information content (AvgIpc) is 2.09. The zero-order valence-corrected chi connectivity index (χ0v) is 14.6. The summed E-state index contributed by atoms with van der Waals surface area (Å²) in [6, 6.07) is 0. The van der Waals surface area contributed by atoms with Crippen LogP contribution in [0.2, 0.25) is 18.1 Å². The number of hydrogen-bond donors (Lipinski definition) is 0. The first-order valence-corrected chi connectivity index (χ1v) is 10.5. The van der Waals surface area contributed by atoms with E-state index < -0.39 is 8.32 Å². The van der Waals surface area contributed by atoms with Crippen LogP contribution in [0.25, 0.3) is 0 Å². The molecule has 0 fully saturated rings. The van der Waals surface area contributed by atoms with Crippen LogP contribution in [0.1, 0.15) is 41.5 Å². The first kappa shape index (κ1) is 17.3. The molecule has 3 heteroatoms. The van der Waals surface area contributed by atoms with Gasteiger partial charge in [0.15, 0.2) is 8.32 Å². The fraction of sp³-hybridized carbons (Fsp3) is 0.857. The van der Waals surface area contributed by atoms with Crippen molar-refractivity contribution in [3.8, 4) is 0 Å². The van der Waals surface area contributed by atoms with Gasteiger partial charge in [-0.1, -0.05) is 46.8 Å². The second kappa shape index (κ2) is 7.00. The van der Waals surface area contributed by atoms with E-state index in [4.69, 9.17) is 4.43 Å². The normalized spacial score (nSPS) is 15.8.